The Morgan fingerprint density at radius 2 is 2.13 bits per heavy atom. The molecule has 0 N–H and O–H groups in total. The fourth-order valence-corrected chi connectivity index (χ4v) is 4.98. The third kappa shape index (κ3) is 3.56. The number of hydrogen-bond acceptors (Lipinski definition) is 7. The lowest BCUT2D eigenvalue weighted by Gasteiger charge is -2.31. The van der Waals surface area contributed by atoms with E-state index in [1.165, 1.54) is 6.20 Å². The Morgan fingerprint density at radius 3 is 3.03 bits per heavy atom. The zero-order valence-corrected chi connectivity index (χ0v) is 17.4. The lowest BCUT2D eigenvalue weighted by atomic mass is 9.95. The van der Waals surface area contributed by atoms with Crippen molar-refractivity contribution in [3.63, 3.8) is 0 Å². The van der Waals surface area contributed by atoms with E-state index in [1.807, 2.05) is 0 Å². The van der Waals surface area contributed by atoms with E-state index >= 15 is 0 Å². The number of alkyl halides is 1. The predicted octanol–water partition coefficient (Wildman–Crippen LogP) is 3.69. The Labute approximate surface area is 178 Å². The highest BCUT2D eigenvalue weighted by molar-refractivity contribution is 6.30. The maximum Gasteiger partial charge on any atom is 0.319 e. The van der Waals surface area contributed by atoms with Gasteiger partial charge in [-0.25, -0.2) is 18.8 Å². The smallest absolute Gasteiger partial charge is 0.319 e. The molecule has 5 heterocycles. The van der Waals surface area contributed by atoms with Crippen molar-refractivity contribution in [2.24, 2.45) is 0 Å². The molecule has 0 amide bonds. The zero-order valence-electron chi connectivity index (χ0n) is 16.6. The first-order chi connectivity index (χ1) is 14.6. The van der Waals surface area contributed by atoms with E-state index in [1.54, 1.807) is 5.06 Å². The summed E-state index contributed by atoms with van der Waals surface area (Å²) in [6, 6.07) is 0.0371. The maximum absolute atomic E-state index is 14.8. The number of ether oxygens (including phenoxy) is 1. The van der Waals surface area contributed by atoms with Gasteiger partial charge in [-0.1, -0.05) is 11.6 Å². The highest BCUT2D eigenvalue weighted by Gasteiger charge is 2.49. The Balaban J connectivity index is 1.49. The van der Waals surface area contributed by atoms with Crippen molar-refractivity contribution >= 4 is 28.3 Å². The number of halogens is 3. The molecular formula is C20H24ClF2N5O2. The van der Waals surface area contributed by atoms with Crippen LogP contribution in [0, 0.1) is 5.82 Å². The zero-order chi connectivity index (χ0) is 20.7. The summed E-state index contributed by atoms with van der Waals surface area (Å²) < 4.78 is 34.8. The maximum atomic E-state index is 14.8. The summed E-state index contributed by atoms with van der Waals surface area (Å²) in [7, 11) is 0. The number of anilines is 1. The number of aromatic nitrogens is 3. The van der Waals surface area contributed by atoms with Crippen LogP contribution < -0.4 is 9.80 Å². The quantitative estimate of drug-likeness (QED) is 0.673. The molecule has 162 valence electrons. The Kier molecular flexibility index (Phi) is 5.37. The second-order valence-electron chi connectivity index (χ2n) is 8.32. The highest BCUT2D eigenvalue weighted by Crippen LogP contribution is 2.40. The van der Waals surface area contributed by atoms with Gasteiger partial charge in [0.15, 0.2) is 16.8 Å². The lowest BCUT2D eigenvalue weighted by molar-refractivity contribution is 0.105. The number of rotatable bonds is 4. The molecule has 3 aliphatic rings. The average molecular weight is 440 g/mol. The van der Waals surface area contributed by atoms with Crippen LogP contribution >= 0.6 is 11.6 Å². The van der Waals surface area contributed by atoms with Crippen LogP contribution in [0.15, 0.2) is 6.20 Å². The van der Waals surface area contributed by atoms with Gasteiger partial charge in [-0.15, -0.1) is 0 Å². The van der Waals surface area contributed by atoms with Crippen LogP contribution in [0.3, 0.4) is 0 Å². The topological polar surface area (TPSA) is 63.6 Å². The molecule has 0 bridgehead atoms. The largest absolute Gasteiger partial charge is 0.461 e. The average Bonchev–Trinajstić information content (AvgIpc) is 3.11. The van der Waals surface area contributed by atoms with Gasteiger partial charge in [0, 0.05) is 25.7 Å². The van der Waals surface area contributed by atoms with Crippen LogP contribution in [-0.2, 0) is 4.84 Å². The summed E-state index contributed by atoms with van der Waals surface area (Å²) >= 11 is 5.89. The monoisotopic (exact) mass is 439 g/mol. The number of fused-ring (bicyclic) bond motifs is 2. The Bertz CT molecular complexity index is 943. The fourth-order valence-electron chi connectivity index (χ4n) is 4.84. The van der Waals surface area contributed by atoms with Crippen LogP contribution in [0.2, 0.25) is 5.15 Å². The van der Waals surface area contributed by atoms with Crippen LogP contribution in [0.4, 0.5) is 14.6 Å². The van der Waals surface area contributed by atoms with E-state index in [0.29, 0.717) is 37.3 Å². The molecule has 2 aromatic rings. The summed E-state index contributed by atoms with van der Waals surface area (Å²) in [4.78, 5) is 20.7. The van der Waals surface area contributed by atoms with E-state index in [9.17, 15) is 8.78 Å². The molecular weight excluding hydrogens is 416 g/mol. The number of nitrogens with zero attached hydrogens (tertiary/aromatic N) is 5. The third-order valence-corrected chi connectivity index (χ3v) is 6.58. The van der Waals surface area contributed by atoms with Crippen LogP contribution in [-0.4, -0.2) is 64.4 Å². The van der Waals surface area contributed by atoms with Gasteiger partial charge in [-0.2, -0.15) is 9.97 Å². The van der Waals surface area contributed by atoms with Gasteiger partial charge in [-0.3, -0.25) is 9.74 Å². The molecule has 0 unspecified atom stereocenters. The van der Waals surface area contributed by atoms with E-state index in [2.05, 4.69) is 19.9 Å². The number of hydroxylamine groups is 1. The summed E-state index contributed by atoms with van der Waals surface area (Å²) in [5.74, 6) is -0.307. The van der Waals surface area contributed by atoms with E-state index in [0.717, 1.165) is 38.6 Å². The minimum absolute atomic E-state index is 0.0371. The summed E-state index contributed by atoms with van der Waals surface area (Å²) in [5, 5.41) is 1.81. The minimum atomic E-state index is -0.852. The Hall–Kier alpha value is -1.84. The SMILES string of the molecule is Fc1c(Cl)ncc2c(N3CCCCCO3)nc(OC[C@@]34CCCN3C[C@H](F)C4)nc12. The Morgan fingerprint density at radius 1 is 1.23 bits per heavy atom. The number of pyridine rings is 1. The number of hydrogen-bond donors (Lipinski definition) is 0. The first-order valence-corrected chi connectivity index (χ1v) is 10.9. The van der Waals surface area contributed by atoms with Crippen molar-refractivity contribution < 1.29 is 18.4 Å². The fraction of sp³-hybridized carbons (Fsp3) is 0.650. The molecule has 2 atom stereocenters. The van der Waals surface area contributed by atoms with Crippen molar-refractivity contribution in [3.05, 3.63) is 17.2 Å². The van der Waals surface area contributed by atoms with E-state index in [-0.39, 0.29) is 28.8 Å². The molecule has 0 aromatic carbocycles. The lowest BCUT2D eigenvalue weighted by Crippen LogP contribution is -2.43. The van der Waals surface area contributed by atoms with Crippen molar-refractivity contribution in [1.29, 1.82) is 0 Å². The minimum Gasteiger partial charge on any atom is -0.461 e. The van der Waals surface area contributed by atoms with Gasteiger partial charge in [0.25, 0.3) is 0 Å². The summed E-state index contributed by atoms with van der Waals surface area (Å²) in [6.45, 7) is 2.74. The second-order valence-corrected chi connectivity index (χ2v) is 8.67. The molecule has 0 spiro atoms. The molecule has 5 rings (SSSR count). The molecule has 7 nitrogen and oxygen atoms in total. The second kappa shape index (κ2) is 8.01. The first kappa shape index (κ1) is 20.1. The van der Waals surface area contributed by atoms with Crippen molar-refractivity contribution in [2.75, 3.05) is 37.9 Å². The molecule has 2 aromatic heterocycles. The molecule has 3 fully saturated rings. The molecule has 30 heavy (non-hydrogen) atoms. The van der Waals surface area contributed by atoms with Crippen molar-refractivity contribution in [1.82, 2.24) is 19.9 Å². The molecule has 0 radical (unpaired) electrons. The van der Waals surface area contributed by atoms with Gasteiger partial charge in [0.1, 0.15) is 18.3 Å². The van der Waals surface area contributed by atoms with Gasteiger partial charge < -0.3 is 4.74 Å². The molecule has 3 aliphatic heterocycles. The highest BCUT2D eigenvalue weighted by atomic mass is 35.5. The third-order valence-electron chi connectivity index (χ3n) is 6.32. The normalized spacial score (nSPS) is 27.4. The van der Waals surface area contributed by atoms with Crippen LogP contribution in [0.1, 0.15) is 38.5 Å². The van der Waals surface area contributed by atoms with Crippen molar-refractivity contribution in [3.8, 4) is 6.01 Å². The van der Waals surface area contributed by atoms with E-state index < -0.39 is 12.0 Å². The molecule has 0 saturated carbocycles. The van der Waals surface area contributed by atoms with E-state index in [4.69, 9.17) is 21.2 Å². The summed E-state index contributed by atoms with van der Waals surface area (Å²) in [6.07, 6.45) is 5.85. The molecule has 0 aliphatic carbocycles. The van der Waals surface area contributed by atoms with Gasteiger partial charge >= 0.3 is 6.01 Å². The van der Waals surface area contributed by atoms with Gasteiger partial charge in [0.2, 0.25) is 0 Å². The molecule has 10 heteroatoms. The first-order valence-electron chi connectivity index (χ1n) is 10.5. The van der Waals surface area contributed by atoms with Crippen LogP contribution in [0.25, 0.3) is 10.9 Å². The van der Waals surface area contributed by atoms with Crippen molar-refractivity contribution in [2.45, 2.75) is 50.2 Å². The van der Waals surface area contributed by atoms with Crippen LogP contribution in [0.5, 0.6) is 6.01 Å². The predicted molar refractivity (Wildman–Crippen MR) is 108 cm³/mol. The standard InChI is InChI=1S/C20H24ClF2N5O2/c21-17-15(23)16-14(10-24-17)18(28-7-2-1-3-8-30-28)26-19(25-16)29-12-20-5-4-6-27(20)11-13(22)9-20/h10,13H,1-9,11-12H2/t13-,20+/m1/s1. The molecule has 3 saturated heterocycles. The van der Waals surface area contributed by atoms with Gasteiger partial charge in [0.05, 0.1) is 17.5 Å². The summed E-state index contributed by atoms with van der Waals surface area (Å²) in [5.41, 5.74) is -0.302. The van der Waals surface area contributed by atoms with Gasteiger partial charge in [-0.05, 0) is 38.6 Å².